The van der Waals surface area contributed by atoms with Crippen molar-refractivity contribution in [2.45, 2.75) is 9.79 Å². The van der Waals surface area contributed by atoms with Crippen LogP contribution in [0.3, 0.4) is 0 Å². The molecule has 1 aliphatic heterocycles. The molecule has 7 aromatic carbocycles. The Morgan fingerprint density at radius 3 is 1.35 bits per heavy atom. The lowest BCUT2D eigenvalue weighted by Crippen LogP contribution is -2.00. The average Bonchev–Trinajstić information content (AvgIpc) is 3.66. The van der Waals surface area contributed by atoms with Crippen molar-refractivity contribution in [1.82, 2.24) is 19.5 Å². The second kappa shape index (κ2) is 11.7. The van der Waals surface area contributed by atoms with Crippen LogP contribution in [0.15, 0.2) is 180 Å². The van der Waals surface area contributed by atoms with Gasteiger partial charge in [0.1, 0.15) is 0 Å². The zero-order valence-corrected chi connectivity index (χ0v) is 28.5. The molecule has 3 heterocycles. The second-order valence-electron chi connectivity index (χ2n) is 12.9. The number of para-hydroxylation sites is 2. The highest BCUT2D eigenvalue weighted by atomic mass is 32.2. The van der Waals surface area contributed by atoms with Gasteiger partial charge in [0, 0.05) is 44.3 Å². The minimum Gasteiger partial charge on any atom is -0.309 e. The molecule has 0 saturated heterocycles. The van der Waals surface area contributed by atoms with Gasteiger partial charge < -0.3 is 4.57 Å². The van der Waals surface area contributed by atoms with Crippen LogP contribution in [0.1, 0.15) is 0 Å². The molecule has 6 nitrogen and oxygen atoms in total. The molecule has 1 aliphatic rings. The summed E-state index contributed by atoms with van der Waals surface area (Å²) < 4.78 is 29.9. The quantitative estimate of drug-likeness (QED) is 0.180. The van der Waals surface area contributed by atoms with Crippen LogP contribution in [0.2, 0.25) is 0 Å². The summed E-state index contributed by atoms with van der Waals surface area (Å²) in [5, 5.41) is 2.43. The molecule has 0 bridgehead atoms. The molecule has 0 unspecified atom stereocenters. The Kier molecular flexibility index (Phi) is 6.78. The molecular weight excluding hydrogens is 661 g/mol. The summed E-state index contributed by atoms with van der Waals surface area (Å²) in [4.78, 5) is 15.1. The first-order chi connectivity index (χ1) is 25.5. The molecule has 0 fully saturated rings. The molecule has 0 saturated carbocycles. The standard InChI is InChI=1S/C45H28N4O2S/c50-52(51)41-25-21-32(29-19-23-34(24-20-29)49-39-17-9-7-15-35(39)36-16-8-10-18-40(36)49)27-37(41)38-28-33(22-26-42(38)52)45-47-43(30-11-3-1-4-12-30)46-44(48-45)31-13-5-2-6-14-31/h1-28H. The first-order valence-electron chi connectivity index (χ1n) is 17.0. The molecule has 0 amide bonds. The number of rotatable bonds is 5. The van der Waals surface area contributed by atoms with E-state index in [1.807, 2.05) is 78.9 Å². The number of benzene rings is 7. The van der Waals surface area contributed by atoms with Gasteiger partial charge in [-0.1, -0.05) is 115 Å². The Balaban J connectivity index is 1.07. The smallest absolute Gasteiger partial charge is 0.207 e. The summed E-state index contributed by atoms with van der Waals surface area (Å²) >= 11 is 0. The van der Waals surface area contributed by atoms with E-state index in [2.05, 4.69) is 77.4 Å². The molecule has 7 heteroatoms. The van der Waals surface area contributed by atoms with Crippen molar-refractivity contribution in [3.8, 4) is 62.1 Å². The normalized spacial score (nSPS) is 12.9. The Morgan fingerprint density at radius 1 is 0.385 bits per heavy atom. The van der Waals surface area contributed by atoms with Crippen molar-refractivity contribution in [3.63, 3.8) is 0 Å². The van der Waals surface area contributed by atoms with E-state index >= 15 is 0 Å². The minimum atomic E-state index is -3.70. The molecule has 52 heavy (non-hydrogen) atoms. The maximum Gasteiger partial charge on any atom is 0.207 e. The van der Waals surface area contributed by atoms with E-state index in [1.54, 1.807) is 18.2 Å². The predicted octanol–water partition coefficient (Wildman–Crippen LogP) is 10.4. The zero-order chi connectivity index (χ0) is 34.8. The highest BCUT2D eigenvalue weighted by Gasteiger charge is 2.33. The third-order valence-corrected chi connectivity index (χ3v) is 11.7. The highest BCUT2D eigenvalue weighted by molar-refractivity contribution is 7.92. The van der Waals surface area contributed by atoms with Crippen molar-refractivity contribution in [2.24, 2.45) is 0 Å². The summed E-state index contributed by atoms with van der Waals surface area (Å²) in [6, 6.07) is 55.9. The van der Waals surface area contributed by atoms with Crippen LogP contribution in [0.25, 0.3) is 83.9 Å². The van der Waals surface area contributed by atoms with Crippen molar-refractivity contribution < 1.29 is 8.42 Å². The van der Waals surface area contributed by atoms with E-state index in [4.69, 9.17) is 15.0 Å². The van der Waals surface area contributed by atoms with Crippen molar-refractivity contribution in [2.75, 3.05) is 0 Å². The summed E-state index contributed by atoms with van der Waals surface area (Å²) in [5.74, 6) is 1.56. The molecule has 9 aromatic rings. The lowest BCUT2D eigenvalue weighted by molar-refractivity contribution is 0.598. The molecule has 0 atom stereocenters. The van der Waals surface area contributed by atoms with Crippen LogP contribution in [0, 0.1) is 0 Å². The van der Waals surface area contributed by atoms with E-state index in [0.717, 1.165) is 39.0 Å². The van der Waals surface area contributed by atoms with Gasteiger partial charge in [0.05, 0.1) is 20.8 Å². The van der Waals surface area contributed by atoms with Gasteiger partial charge in [0.15, 0.2) is 17.5 Å². The third-order valence-electron chi connectivity index (χ3n) is 9.82. The molecule has 246 valence electrons. The highest BCUT2D eigenvalue weighted by Crippen LogP contribution is 2.46. The van der Waals surface area contributed by atoms with Gasteiger partial charge in [-0.15, -0.1) is 0 Å². The maximum absolute atomic E-state index is 13.8. The number of hydrogen-bond donors (Lipinski definition) is 0. The largest absolute Gasteiger partial charge is 0.309 e. The maximum atomic E-state index is 13.8. The first-order valence-corrected chi connectivity index (χ1v) is 18.5. The SMILES string of the molecule is O=S1(=O)c2ccc(-c3ccc(-n4c5ccccc5c5ccccc54)cc3)cc2-c2cc(-c3nc(-c4ccccc4)nc(-c4ccccc4)n3)ccc21. The van der Waals surface area contributed by atoms with E-state index in [9.17, 15) is 8.42 Å². The van der Waals surface area contributed by atoms with Crippen LogP contribution in [-0.4, -0.2) is 27.9 Å². The molecule has 0 spiro atoms. The molecule has 0 N–H and O–H groups in total. The fourth-order valence-electron chi connectivity index (χ4n) is 7.33. The molecule has 0 radical (unpaired) electrons. The van der Waals surface area contributed by atoms with Gasteiger partial charge >= 0.3 is 0 Å². The Hall–Kier alpha value is -6.70. The molecule has 0 aliphatic carbocycles. The fourth-order valence-corrected chi connectivity index (χ4v) is 8.98. The lowest BCUT2D eigenvalue weighted by Gasteiger charge is -2.11. The van der Waals surface area contributed by atoms with Crippen LogP contribution in [-0.2, 0) is 9.84 Å². The molecular formula is C45H28N4O2S. The summed E-state index contributed by atoms with van der Waals surface area (Å²) in [6.07, 6.45) is 0. The number of nitrogens with zero attached hydrogens (tertiary/aromatic N) is 4. The van der Waals surface area contributed by atoms with Crippen molar-refractivity contribution >= 4 is 31.6 Å². The number of aromatic nitrogens is 4. The second-order valence-corrected chi connectivity index (χ2v) is 14.8. The summed E-state index contributed by atoms with van der Waals surface area (Å²) in [5.41, 5.74) is 9.03. The van der Waals surface area contributed by atoms with Crippen molar-refractivity contribution in [1.29, 1.82) is 0 Å². The van der Waals surface area contributed by atoms with Gasteiger partial charge in [-0.25, -0.2) is 23.4 Å². The van der Waals surface area contributed by atoms with Gasteiger partial charge in [-0.05, 0) is 65.7 Å². The monoisotopic (exact) mass is 688 g/mol. The summed E-state index contributed by atoms with van der Waals surface area (Å²) in [7, 11) is -3.70. The van der Waals surface area contributed by atoms with Crippen LogP contribution >= 0.6 is 0 Å². The Bertz CT molecular complexity index is 2850. The number of hydrogen-bond acceptors (Lipinski definition) is 5. The topological polar surface area (TPSA) is 77.7 Å². The zero-order valence-electron chi connectivity index (χ0n) is 27.7. The minimum absolute atomic E-state index is 0.283. The van der Waals surface area contributed by atoms with E-state index in [-0.39, 0.29) is 4.90 Å². The van der Waals surface area contributed by atoms with E-state index < -0.39 is 9.84 Å². The number of fused-ring (bicyclic) bond motifs is 6. The van der Waals surface area contributed by atoms with Crippen LogP contribution in [0.4, 0.5) is 0 Å². The van der Waals surface area contributed by atoms with Gasteiger partial charge in [0.25, 0.3) is 0 Å². The van der Waals surface area contributed by atoms with Crippen molar-refractivity contribution in [3.05, 3.63) is 170 Å². The Morgan fingerprint density at radius 2 is 0.808 bits per heavy atom. The summed E-state index contributed by atoms with van der Waals surface area (Å²) in [6.45, 7) is 0. The fraction of sp³-hybridized carbons (Fsp3) is 0. The molecule has 10 rings (SSSR count). The van der Waals surface area contributed by atoms with Crippen LogP contribution < -0.4 is 0 Å². The Labute approximate surface area is 300 Å². The van der Waals surface area contributed by atoms with Gasteiger partial charge in [0.2, 0.25) is 9.84 Å². The van der Waals surface area contributed by atoms with Gasteiger partial charge in [-0.3, -0.25) is 0 Å². The molecule has 2 aromatic heterocycles. The number of sulfone groups is 1. The van der Waals surface area contributed by atoms with E-state index in [1.165, 1.54) is 10.8 Å². The van der Waals surface area contributed by atoms with Crippen LogP contribution in [0.5, 0.6) is 0 Å². The first kappa shape index (κ1) is 30.2. The predicted molar refractivity (Wildman–Crippen MR) is 207 cm³/mol. The van der Waals surface area contributed by atoms with Gasteiger partial charge in [-0.2, -0.15) is 0 Å². The lowest BCUT2D eigenvalue weighted by atomic mass is 9.97. The average molecular weight is 689 g/mol. The van der Waals surface area contributed by atoms with E-state index in [0.29, 0.717) is 39.1 Å². The third kappa shape index (κ3) is 4.78.